The van der Waals surface area contributed by atoms with E-state index in [0.29, 0.717) is 0 Å². The molecule has 0 radical (unpaired) electrons. The van der Waals surface area contributed by atoms with Crippen LogP contribution in [0.4, 0.5) is 0 Å². The second-order valence-corrected chi connectivity index (χ2v) is 5.77. The van der Waals surface area contributed by atoms with Crippen molar-refractivity contribution < 1.29 is 9.53 Å². The summed E-state index contributed by atoms with van der Waals surface area (Å²) in [5.41, 5.74) is 3.58. The van der Waals surface area contributed by atoms with Gasteiger partial charge in [-0.15, -0.1) is 0 Å². The Morgan fingerprint density at radius 2 is 1.79 bits per heavy atom. The molecule has 0 N–H and O–H groups in total. The van der Waals surface area contributed by atoms with Gasteiger partial charge < -0.3 is 4.74 Å². The second kappa shape index (κ2) is 6.55. The van der Waals surface area contributed by atoms with Crippen molar-refractivity contribution in [3.63, 3.8) is 0 Å². The molecule has 1 aromatic carbocycles. The Hall–Kier alpha value is -1.57. The van der Waals surface area contributed by atoms with Gasteiger partial charge in [0.2, 0.25) is 0 Å². The first-order valence-corrected chi connectivity index (χ1v) is 6.78. The normalized spacial score (nSPS) is 12.4. The summed E-state index contributed by atoms with van der Waals surface area (Å²) in [5.74, 6) is -0.289. The maximum atomic E-state index is 11.4. The molecule has 0 saturated carbocycles. The Morgan fingerprint density at radius 3 is 2.21 bits per heavy atom. The molecule has 0 unspecified atom stereocenters. The lowest BCUT2D eigenvalue weighted by atomic mass is 9.86. The first kappa shape index (κ1) is 15.5. The van der Waals surface area contributed by atoms with Crippen molar-refractivity contribution in [1.29, 1.82) is 0 Å². The minimum atomic E-state index is -0.289. The number of carbonyl (C=O) groups excluding carboxylic acids is 1. The van der Waals surface area contributed by atoms with E-state index in [2.05, 4.69) is 52.0 Å². The van der Waals surface area contributed by atoms with Crippen LogP contribution in [0.5, 0.6) is 0 Å². The summed E-state index contributed by atoms with van der Waals surface area (Å²) in [7, 11) is 1.41. The Morgan fingerprint density at radius 1 is 1.21 bits per heavy atom. The maximum Gasteiger partial charge on any atom is 0.330 e. The van der Waals surface area contributed by atoms with Gasteiger partial charge in [0.25, 0.3) is 0 Å². The molecule has 0 bridgehead atoms. The van der Waals surface area contributed by atoms with Gasteiger partial charge in [-0.2, -0.15) is 0 Å². The molecule has 19 heavy (non-hydrogen) atoms. The quantitative estimate of drug-likeness (QED) is 0.594. The summed E-state index contributed by atoms with van der Waals surface area (Å²) < 4.78 is 4.71. The standard InChI is InChI=1S/C17H24O2/c1-6-7-14(12-16(18)19-5)13-8-10-15(11-9-13)17(2,3)4/h8-12H,6-7H2,1-5H3. The number of esters is 1. The van der Waals surface area contributed by atoms with Crippen molar-refractivity contribution >= 4 is 11.5 Å². The summed E-state index contributed by atoms with van der Waals surface area (Å²) in [6.07, 6.45) is 3.48. The number of carbonyl (C=O) groups is 1. The Bertz CT molecular complexity index is 447. The molecule has 0 amide bonds. The Balaban J connectivity index is 3.05. The second-order valence-electron chi connectivity index (χ2n) is 5.77. The molecule has 0 aliphatic heterocycles. The van der Waals surface area contributed by atoms with E-state index in [1.54, 1.807) is 6.08 Å². The molecule has 1 aromatic rings. The van der Waals surface area contributed by atoms with Gasteiger partial charge in [0, 0.05) is 6.08 Å². The van der Waals surface area contributed by atoms with E-state index in [0.717, 1.165) is 24.0 Å². The Labute approximate surface area is 116 Å². The zero-order chi connectivity index (χ0) is 14.5. The lowest BCUT2D eigenvalue weighted by Crippen LogP contribution is -2.10. The summed E-state index contributed by atoms with van der Waals surface area (Å²) in [6.45, 7) is 8.69. The van der Waals surface area contributed by atoms with E-state index in [1.165, 1.54) is 12.7 Å². The van der Waals surface area contributed by atoms with Crippen LogP contribution in [0.15, 0.2) is 30.3 Å². The van der Waals surface area contributed by atoms with E-state index in [1.807, 2.05) is 0 Å². The van der Waals surface area contributed by atoms with Crippen molar-refractivity contribution in [2.75, 3.05) is 7.11 Å². The van der Waals surface area contributed by atoms with Gasteiger partial charge in [0.15, 0.2) is 0 Å². The average Bonchev–Trinajstić information content (AvgIpc) is 2.37. The average molecular weight is 260 g/mol. The lowest BCUT2D eigenvalue weighted by Gasteiger charge is -2.19. The van der Waals surface area contributed by atoms with Crippen LogP contribution in [-0.4, -0.2) is 13.1 Å². The first-order valence-electron chi connectivity index (χ1n) is 6.78. The first-order chi connectivity index (χ1) is 8.88. The number of allylic oxidation sites excluding steroid dienone is 1. The highest BCUT2D eigenvalue weighted by Crippen LogP contribution is 2.26. The van der Waals surface area contributed by atoms with Crippen molar-refractivity contribution in [2.24, 2.45) is 0 Å². The molecule has 2 nitrogen and oxygen atoms in total. The van der Waals surface area contributed by atoms with Gasteiger partial charge in [0.1, 0.15) is 0 Å². The summed E-state index contributed by atoms with van der Waals surface area (Å²) in [5, 5.41) is 0. The van der Waals surface area contributed by atoms with Gasteiger partial charge in [-0.25, -0.2) is 4.79 Å². The van der Waals surface area contributed by atoms with Crippen molar-refractivity contribution in [3.8, 4) is 0 Å². The highest BCUT2D eigenvalue weighted by atomic mass is 16.5. The third-order valence-electron chi connectivity index (χ3n) is 3.13. The molecule has 0 aliphatic rings. The van der Waals surface area contributed by atoms with Crippen LogP contribution < -0.4 is 0 Å². The number of hydrogen-bond acceptors (Lipinski definition) is 2. The van der Waals surface area contributed by atoms with Crippen LogP contribution >= 0.6 is 0 Å². The van der Waals surface area contributed by atoms with Crippen molar-refractivity contribution in [1.82, 2.24) is 0 Å². The lowest BCUT2D eigenvalue weighted by molar-refractivity contribution is -0.134. The minimum Gasteiger partial charge on any atom is -0.466 e. The largest absolute Gasteiger partial charge is 0.466 e. The zero-order valence-electron chi connectivity index (χ0n) is 12.6. The molecule has 2 heteroatoms. The number of methoxy groups -OCH3 is 1. The third-order valence-corrected chi connectivity index (χ3v) is 3.13. The van der Waals surface area contributed by atoms with Crippen LogP contribution in [0.1, 0.15) is 51.7 Å². The van der Waals surface area contributed by atoms with E-state index in [9.17, 15) is 4.79 Å². The molecule has 0 spiro atoms. The molecule has 0 atom stereocenters. The fourth-order valence-corrected chi connectivity index (χ4v) is 1.95. The molecular formula is C17H24O2. The van der Waals surface area contributed by atoms with Crippen LogP contribution in [0.25, 0.3) is 5.57 Å². The molecule has 0 aromatic heterocycles. The van der Waals surface area contributed by atoms with Gasteiger partial charge in [-0.05, 0) is 28.5 Å². The van der Waals surface area contributed by atoms with Crippen molar-refractivity contribution in [3.05, 3.63) is 41.5 Å². The number of benzene rings is 1. The molecule has 1 rings (SSSR count). The summed E-state index contributed by atoms with van der Waals surface area (Å²) in [4.78, 5) is 11.4. The minimum absolute atomic E-state index is 0.148. The fraction of sp³-hybridized carbons (Fsp3) is 0.471. The van der Waals surface area contributed by atoms with E-state index in [-0.39, 0.29) is 11.4 Å². The van der Waals surface area contributed by atoms with Crippen LogP contribution in [0.2, 0.25) is 0 Å². The monoisotopic (exact) mass is 260 g/mol. The highest BCUT2D eigenvalue weighted by molar-refractivity contribution is 5.91. The van der Waals surface area contributed by atoms with Crippen LogP contribution in [0.3, 0.4) is 0 Å². The predicted molar refractivity (Wildman–Crippen MR) is 80.0 cm³/mol. The SMILES string of the molecule is CCCC(=CC(=O)OC)c1ccc(C(C)(C)C)cc1. The summed E-state index contributed by atoms with van der Waals surface area (Å²) >= 11 is 0. The van der Waals surface area contributed by atoms with E-state index in [4.69, 9.17) is 4.74 Å². The molecule has 104 valence electrons. The number of hydrogen-bond donors (Lipinski definition) is 0. The number of rotatable bonds is 4. The molecule has 0 heterocycles. The van der Waals surface area contributed by atoms with E-state index < -0.39 is 0 Å². The topological polar surface area (TPSA) is 26.3 Å². The van der Waals surface area contributed by atoms with E-state index >= 15 is 0 Å². The van der Waals surface area contributed by atoms with Gasteiger partial charge >= 0.3 is 5.97 Å². The van der Waals surface area contributed by atoms with Crippen LogP contribution in [0, 0.1) is 0 Å². The number of ether oxygens (including phenoxy) is 1. The third kappa shape index (κ3) is 4.55. The van der Waals surface area contributed by atoms with Gasteiger partial charge in [-0.3, -0.25) is 0 Å². The predicted octanol–water partition coefficient (Wildman–Crippen LogP) is 4.34. The molecule has 0 saturated heterocycles. The smallest absolute Gasteiger partial charge is 0.330 e. The molecule has 0 aliphatic carbocycles. The zero-order valence-corrected chi connectivity index (χ0v) is 12.6. The maximum absolute atomic E-state index is 11.4. The molecule has 0 fully saturated rings. The van der Waals surface area contributed by atoms with Gasteiger partial charge in [0.05, 0.1) is 7.11 Å². The fourth-order valence-electron chi connectivity index (χ4n) is 1.95. The van der Waals surface area contributed by atoms with Crippen LogP contribution in [-0.2, 0) is 14.9 Å². The molecular weight excluding hydrogens is 236 g/mol. The van der Waals surface area contributed by atoms with Crippen molar-refractivity contribution in [2.45, 2.75) is 46.0 Å². The summed E-state index contributed by atoms with van der Waals surface area (Å²) in [6, 6.07) is 8.45. The van der Waals surface area contributed by atoms with Gasteiger partial charge in [-0.1, -0.05) is 58.4 Å². The highest BCUT2D eigenvalue weighted by Gasteiger charge is 2.13. The Kier molecular flexibility index (Phi) is 5.34.